The third-order valence-electron chi connectivity index (χ3n) is 4.03. The molecule has 2 saturated heterocycles. The van der Waals surface area contributed by atoms with Gasteiger partial charge in [-0.05, 0) is 32.6 Å². The molecule has 2 aliphatic heterocycles. The van der Waals surface area contributed by atoms with E-state index < -0.39 is 18.2 Å². The molecule has 0 unspecified atom stereocenters. The Hall–Kier alpha value is -1.79. The maximum absolute atomic E-state index is 12.4. The van der Waals surface area contributed by atoms with Gasteiger partial charge >= 0.3 is 6.09 Å². The van der Waals surface area contributed by atoms with Gasteiger partial charge in [-0.15, -0.1) is 0 Å². The molecule has 112 valence electrons. The summed E-state index contributed by atoms with van der Waals surface area (Å²) in [6.07, 6.45) is 2.37. The first-order valence-corrected chi connectivity index (χ1v) is 7.09. The maximum Gasteiger partial charge on any atom is 0.405 e. The van der Waals surface area contributed by atoms with E-state index in [1.54, 1.807) is 11.8 Å². The molecule has 0 bridgehead atoms. The van der Waals surface area contributed by atoms with E-state index in [1.807, 2.05) is 0 Å². The zero-order valence-electron chi connectivity index (χ0n) is 11.7. The molecule has 3 amide bonds. The van der Waals surface area contributed by atoms with Crippen LogP contribution >= 0.6 is 0 Å². The lowest BCUT2D eigenvalue weighted by molar-refractivity contribution is -0.143. The van der Waals surface area contributed by atoms with E-state index >= 15 is 0 Å². The summed E-state index contributed by atoms with van der Waals surface area (Å²) in [6, 6.07) is -1.23. The van der Waals surface area contributed by atoms with Gasteiger partial charge in [0, 0.05) is 19.6 Å². The predicted molar refractivity (Wildman–Crippen MR) is 71.2 cm³/mol. The van der Waals surface area contributed by atoms with Crippen LogP contribution in [-0.2, 0) is 9.59 Å². The Morgan fingerprint density at radius 2 is 1.90 bits per heavy atom. The van der Waals surface area contributed by atoms with E-state index in [1.165, 1.54) is 4.90 Å². The fourth-order valence-corrected chi connectivity index (χ4v) is 2.88. The number of carbonyl (C=O) groups is 3. The van der Waals surface area contributed by atoms with Crippen LogP contribution in [0.2, 0.25) is 0 Å². The van der Waals surface area contributed by atoms with E-state index in [4.69, 9.17) is 5.11 Å². The molecule has 2 heterocycles. The van der Waals surface area contributed by atoms with Crippen LogP contribution in [0.25, 0.3) is 0 Å². The number of piperidine rings is 1. The van der Waals surface area contributed by atoms with Gasteiger partial charge < -0.3 is 20.2 Å². The van der Waals surface area contributed by atoms with Crippen molar-refractivity contribution in [3.63, 3.8) is 0 Å². The van der Waals surface area contributed by atoms with Gasteiger partial charge in [-0.2, -0.15) is 0 Å². The molecule has 2 fully saturated rings. The zero-order chi connectivity index (χ0) is 14.7. The van der Waals surface area contributed by atoms with Crippen LogP contribution in [0.3, 0.4) is 0 Å². The molecule has 2 aliphatic rings. The highest BCUT2D eigenvalue weighted by Gasteiger charge is 2.38. The summed E-state index contributed by atoms with van der Waals surface area (Å²) in [7, 11) is 0. The van der Waals surface area contributed by atoms with Crippen LogP contribution in [0.1, 0.15) is 32.6 Å². The Morgan fingerprint density at radius 1 is 1.25 bits per heavy atom. The van der Waals surface area contributed by atoms with Gasteiger partial charge in [0.05, 0.1) is 0 Å². The summed E-state index contributed by atoms with van der Waals surface area (Å²) in [4.78, 5) is 38.3. The van der Waals surface area contributed by atoms with E-state index in [9.17, 15) is 14.4 Å². The summed E-state index contributed by atoms with van der Waals surface area (Å²) in [5.74, 6) is -0.334. The second-order valence-corrected chi connectivity index (χ2v) is 5.38. The Bertz CT molecular complexity index is 406. The standard InChI is InChI=1S/C13H21N3O4/c1-9(11(17)15-6-3-2-4-7-15)16-8-5-10(12(16)18)14-13(19)20/h9-10,14H,2-8H2,1H3,(H,19,20)/t9-,10+/m0/s1. The monoisotopic (exact) mass is 283 g/mol. The maximum atomic E-state index is 12.4. The first kappa shape index (κ1) is 14.6. The van der Waals surface area contributed by atoms with Crippen molar-refractivity contribution < 1.29 is 19.5 Å². The molecular weight excluding hydrogens is 262 g/mol. The SMILES string of the molecule is C[C@@H](C(=O)N1CCCCC1)N1CC[C@@H](NC(=O)O)C1=O. The lowest BCUT2D eigenvalue weighted by atomic mass is 10.1. The molecule has 0 aliphatic carbocycles. The van der Waals surface area contributed by atoms with E-state index in [0.29, 0.717) is 13.0 Å². The van der Waals surface area contributed by atoms with Crippen molar-refractivity contribution in [2.75, 3.05) is 19.6 Å². The molecule has 0 aromatic carbocycles. The minimum Gasteiger partial charge on any atom is -0.465 e. The van der Waals surface area contributed by atoms with Gasteiger partial charge in [0.15, 0.2) is 0 Å². The normalized spacial score (nSPS) is 24.6. The average molecular weight is 283 g/mol. The molecule has 2 N–H and O–H groups in total. The van der Waals surface area contributed by atoms with Crippen LogP contribution in [0, 0.1) is 0 Å². The highest BCUT2D eigenvalue weighted by Crippen LogP contribution is 2.18. The van der Waals surface area contributed by atoms with Crippen LogP contribution < -0.4 is 5.32 Å². The molecule has 0 radical (unpaired) electrons. The molecule has 0 aromatic heterocycles. The Labute approximate surface area is 117 Å². The van der Waals surface area contributed by atoms with Gasteiger partial charge in [-0.3, -0.25) is 9.59 Å². The van der Waals surface area contributed by atoms with Crippen LogP contribution in [0.15, 0.2) is 0 Å². The molecule has 2 rings (SSSR count). The van der Waals surface area contributed by atoms with Crippen LogP contribution in [-0.4, -0.2) is 64.5 Å². The van der Waals surface area contributed by atoms with Gasteiger partial charge in [-0.1, -0.05) is 0 Å². The Balaban J connectivity index is 1.95. The lowest BCUT2D eigenvalue weighted by Gasteiger charge is -2.32. The van der Waals surface area contributed by atoms with Crippen LogP contribution in [0.4, 0.5) is 4.79 Å². The molecular formula is C13H21N3O4. The van der Waals surface area contributed by atoms with Crippen molar-refractivity contribution in [2.24, 2.45) is 0 Å². The average Bonchev–Trinajstić information content (AvgIpc) is 2.79. The van der Waals surface area contributed by atoms with Crippen LogP contribution in [0.5, 0.6) is 0 Å². The zero-order valence-corrected chi connectivity index (χ0v) is 11.7. The molecule has 0 saturated carbocycles. The number of carboxylic acid groups (broad SMARTS) is 1. The van der Waals surface area contributed by atoms with Crippen molar-refractivity contribution >= 4 is 17.9 Å². The number of nitrogens with zero attached hydrogens (tertiary/aromatic N) is 2. The van der Waals surface area contributed by atoms with Gasteiger partial charge in [0.1, 0.15) is 12.1 Å². The molecule has 20 heavy (non-hydrogen) atoms. The minimum absolute atomic E-state index is 0.0333. The van der Waals surface area contributed by atoms with E-state index in [-0.39, 0.29) is 11.8 Å². The second-order valence-electron chi connectivity index (χ2n) is 5.38. The smallest absolute Gasteiger partial charge is 0.405 e. The molecule has 7 nitrogen and oxygen atoms in total. The van der Waals surface area contributed by atoms with Crippen molar-refractivity contribution in [1.29, 1.82) is 0 Å². The van der Waals surface area contributed by atoms with Crippen molar-refractivity contribution in [3.8, 4) is 0 Å². The number of hydrogen-bond acceptors (Lipinski definition) is 3. The molecule has 2 atom stereocenters. The fraction of sp³-hybridized carbons (Fsp3) is 0.769. The van der Waals surface area contributed by atoms with Crippen molar-refractivity contribution in [2.45, 2.75) is 44.7 Å². The molecule has 0 spiro atoms. The quantitative estimate of drug-likeness (QED) is 0.777. The van der Waals surface area contributed by atoms with E-state index in [2.05, 4.69) is 5.32 Å². The number of nitrogens with one attached hydrogen (secondary N) is 1. The highest BCUT2D eigenvalue weighted by molar-refractivity contribution is 5.92. The largest absolute Gasteiger partial charge is 0.465 e. The fourth-order valence-electron chi connectivity index (χ4n) is 2.88. The highest BCUT2D eigenvalue weighted by atomic mass is 16.4. The Kier molecular flexibility index (Phi) is 4.46. The number of likely N-dealkylation sites (tertiary alicyclic amines) is 2. The summed E-state index contributed by atoms with van der Waals surface area (Å²) in [5.41, 5.74) is 0. The predicted octanol–water partition coefficient (Wildman–Crippen LogP) is 0.256. The summed E-state index contributed by atoms with van der Waals surface area (Å²) < 4.78 is 0. The Morgan fingerprint density at radius 3 is 2.50 bits per heavy atom. The van der Waals surface area contributed by atoms with Crippen molar-refractivity contribution in [1.82, 2.24) is 15.1 Å². The second kappa shape index (κ2) is 6.11. The van der Waals surface area contributed by atoms with Gasteiger partial charge in [-0.25, -0.2) is 4.79 Å². The number of hydrogen-bond donors (Lipinski definition) is 2. The number of carbonyl (C=O) groups excluding carboxylic acids is 2. The lowest BCUT2D eigenvalue weighted by Crippen LogP contribution is -2.51. The van der Waals surface area contributed by atoms with E-state index in [0.717, 1.165) is 32.4 Å². The topological polar surface area (TPSA) is 90.0 Å². The first-order chi connectivity index (χ1) is 9.50. The summed E-state index contributed by atoms with van der Waals surface area (Å²) >= 11 is 0. The molecule has 7 heteroatoms. The minimum atomic E-state index is -1.21. The third kappa shape index (κ3) is 3.02. The van der Waals surface area contributed by atoms with Gasteiger partial charge in [0.25, 0.3) is 0 Å². The summed E-state index contributed by atoms with van der Waals surface area (Å²) in [5, 5.41) is 10.9. The number of rotatable bonds is 3. The molecule has 0 aromatic rings. The van der Waals surface area contributed by atoms with Crippen molar-refractivity contribution in [3.05, 3.63) is 0 Å². The van der Waals surface area contributed by atoms with Gasteiger partial charge in [0.2, 0.25) is 11.8 Å². The summed E-state index contributed by atoms with van der Waals surface area (Å²) in [6.45, 7) is 3.65. The third-order valence-corrected chi connectivity index (χ3v) is 4.03. The first-order valence-electron chi connectivity index (χ1n) is 7.09. The number of amides is 3.